The first-order valence-electron chi connectivity index (χ1n) is 9.74. The lowest BCUT2D eigenvalue weighted by Crippen LogP contribution is -2.43. The molecule has 1 atom stereocenters. The summed E-state index contributed by atoms with van der Waals surface area (Å²) in [7, 11) is -3.89. The zero-order valence-electron chi connectivity index (χ0n) is 16.6. The molecule has 1 unspecified atom stereocenters. The van der Waals surface area contributed by atoms with Gasteiger partial charge in [0, 0.05) is 6.54 Å². The van der Waals surface area contributed by atoms with Gasteiger partial charge in [0.05, 0.1) is 15.1 Å². The second kappa shape index (κ2) is 8.05. The molecule has 1 aliphatic heterocycles. The van der Waals surface area contributed by atoms with Crippen molar-refractivity contribution in [3.05, 3.63) is 53.8 Å². The van der Waals surface area contributed by atoms with Crippen LogP contribution in [0.15, 0.2) is 47.4 Å². The maximum Gasteiger partial charge on any atom is 0.244 e. The molecule has 2 aromatic carbocycles. The van der Waals surface area contributed by atoms with E-state index in [0.717, 1.165) is 22.3 Å². The Hall–Kier alpha value is -2.36. The number of carbonyl (C=O) groups is 1. The fraction of sp³-hybridized carbons (Fsp3) is 0.333. The van der Waals surface area contributed by atoms with Crippen LogP contribution in [-0.4, -0.2) is 36.2 Å². The first-order chi connectivity index (χ1) is 14.3. The van der Waals surface area contributed by atoms with Crippen LogP contribution in [0, 0.1) is 5.82 Å². The molecule has 0 radical (unpaired) electrons. The van der Waals surface area contributed by atoms with E-state index in [1.807, 2.05) is 12.1 Å². The summed E-state index contributed by atoms with van der Waals surface area (Å²) in [5.74, 6) is -0.527. The molecule has 4 rings (SSSR count). The van der Waals surface area contributed by atoms with Gasteiger partial charge in [-0.15, -0.1) is 0 Å². The number of hydrogen-bond donors (Lipinski definition) is 1. The van der Waals surface area contributed by atoms with Crippen LogP contribution in [0.3, 0.4) is 0 Å². The molecular formula is C21H22FN3O3S2. The van der Waals surface area contributed by atoms with Crippen molar-refractivity contribution in [3.63, 3.8) is 0 Å². The molecule has 6 nitrogen and oxygen atoms in total. The van der Waals surface area contributed by atoms with Gasteiger partial charge in [-0.2, -0.15) is 4.31 Å². The van der Waals surface area contributed by atoms with Crippen LogP contribution in [0.5, 0.6) is 0 Å². The predicted octanol–water partition coefficient (Wildman–Crippen LogP) is 4.35. The fourth-order valence-electron chi connectivity index (χ4n) is 3.57. The number of rotatable bonds is 5. The van der Waals surface area contributed by atoms with Crippen molar-refractivity contribution in [3.8, 4) is 0 Å². The Morgan fingerprint density at radius 3 is 2.67 bits per heavy atom. The molecule has 1 fully saturated rings. The molecule has 2 heterocycles. The number of amides is 1. The van der Waals surface area contributed by atoms with Crippen LogP contribution >= 0.6 is 11.3 Å². The minimum atomic E-state index is -3.89. The van der Waals surface area contributed by atoms with Crippen molar-refractivity contribution >= 4 is 42.6 Å². The van der Waals surface area contributed by atoms with Crippen LogP contribution < -0.4 is 5.32 Å². The lowest BCUT2D eigenvalue weighted by Gasteiger charge is -2.23. The molecule has 0 spiro atoms. The minimum absolute atomic E-state index is 0.0233. The Morgan fingerprint density at radius 1 is 1.23 bits per heavy atom. The number of halogens is 1. The Balaban J connectivity index is 1.55. The highest BCUT2D eigenvalue weighted by Gasteiger charge is 2.39. The molecule has 158 valence electrons. The van der Waals surface area contributed by atoms with E-state index in [1.54, 1.807) is 0 Å². The van der Waals surface area contributed by atoms with E-state index in [4.69, 9.17) is 0 Å². The summed E-state index contributed by atoms with van der Waals surface area (Å²) in [5, 5.41) is 3.23. The molecule has 0 bridgehead atoms. The molecule has 1 saturated heterocycles. The first-order valence-corrected chi connectivity index (χ1v) is 12.0. The number of aromatic nitrogens is 1. The summed E-state index contributed by atoms with van der Waals surface area (Å²) < 4.78 is 41.3. The number of carbonyl (C=O) groups excluding carboxylic acids is 1. The second-order valence-electron chi connectivity index (χ2n) is 7.62. The third-order valence-corrected chi connectivity index (χ3v) is 8.09. The lowest BCUT2D eigenvalue weighted by atomic mass is 10.0. The minimum Gasteiger partial charge on any atom is -0.301 e. The van der Waals surface area contributed by atoms with Gasteiger partial charge in [0.15, 0.2) is 5.13 Å². The Labute approximate surface area is 178 Å². The average molecular weight is 448 g/mol. The number of nitrogens with zero attached hydrogens (tertiary/aromatic N) is 2. The number of anilines is 1. The monoisotopic (exact) mass is 447 g/mol. The fourth-order valence-corrected chi connectivity index (χ4v) is 6.15. The van der Waals surface area contributed by atoms with Crippen molar-refractivity contribution in [2.75, 3.05) is 11.9 Å². The van der Waals surface area contributed by atoms with Gasteiger partial charge in [0.2, 0.25) is 15.9 Å². The molecule has 0 aliphatic carbocycles. The third-order valence-electron chi connectivity index (χ3n) is 5.24. The molecular weight excluding hydrogens is 425 g/mol. The summed E-state index contributed by atoms with van der Waals surface area (Å²) in [4.78, 5) is 17.3. The normalized spacial score (nSPS) is 17.7. The van der Waals surface area contributed by atoms with Gasteiger partial charge in [-0.05, 0) is 60.7 Å². The van der Waals surface area contributed by atoms with Gasteiger partial charge in [-0.3, -0.25) is 4.79 Å². The summed E-state index contributed by atoms with van der Waals surface area (Å²) in [6, 6.07) is 9.83. The number of benzene rings is 2. The number of sulfonamides is 1. The maximum atomic E-state index is 13.2. The smallest absolute Gasteiger partial charge is 0.244 e. The Bertz CT molecular complexity index is 1190. The van der Waals surface area contributed by atoms with Gasteiger partial charge in [0.25, 0.3) is 0 Å². The zero-order chi connectivity index (χ0) is 21.5. The average Bonchev–Trinajstić information content (AvgIpc) is 3.34. The van der Waals surface area contributed by atoms with Crippen molar-refractivity contribution in [2.45, 2.75) is 43.5 Å². The highest BCUT2D eigenvalue weighted by Crippen LogP contribution is 2.31. The number of nitrogens with one attached hydrogen (secondary N) is 1. The Morgan fingerprint density at radius 2 is 1.97 bits per heavy atom. The third kappa shape index (κ3) is 3.97. The number of thiazole rings is 1. The summed E-state index contributed by atoms with van der Waals surface area (Å²) in [6.45, 7) is 4.47. The number of fused-ring (bicyclic) bond motifs is 1. The highest BCUT2D eigenvalue weighted by molar-refractivity contribution is 7.89. The van der Waals surface area contributed by atoms with Crippen molar-refractivity contribution in [1.82, 2.24) is 9.29 Å². The van der Waals surface area contributed by atoms with E-state index in [2.05, 4.69) is 30.2 Å². The van der Waals surface area contributed by atoms with Crippen molar-refractivity contribution < 1.29 is 17.6 Å². The summed E-state index contributed by atoms with van der Waals surface area (Å²) in [6.07, 6.45) is 1.00. The molecule has 9 heteroatoms. The van der Waals surface area contributed by atoms with Crippen molar-refractivity contribution in [2.24, 2.45) is 0 Å². The van der Waals surface area contributed by atoms with Crippen LogP contribution in [0.25, 0.3) is 10.2 Å². The van der Waals surface area contributed by atoms with E-state index in [9.17, 15) is 17.6 Å². The summed E-state index contributed by atoms with van der Waals surface area (Å²) >= 11 is 1.37. The topological polar surface area (TPSA) is 79.4 Å². The van der Waals surface area contributed by atoms with E-state index in [0.29, 0.717) is 23.9 Å². The van der Waals surface area contributed by atoms with E-state index in [1.165, 1.54) is 33.3 Å². The standard InChI is InChI=1S/C21H22FN3O3S2/c1-13(2)14-5-10-17-19(12-14)29-21(23-17)24-20(26)18-4-3-11-25(18)30(27,28)16-8-6-15(22)7-9-16/h5-10,12-13,18H,3-4,11H2,1-2H3,(H,23,24,26). The quantitative estimate of drug-likeness (QED) is 0.631. The molecule has 1 amide bonds. The molecule has 1 aliphatic rings. The first kappa shape index (κ1) is 20.9. The number of hydrogen-bond acceptors (Lipinski definition) is 5. The molecule has 30 heavy (non-hydrogen) atoms. The summed E-state index contributed by atoms with van der Waals surface area (Å²) in [5.41, 5.74) is 1.98. The van der Waals surface area contributed by atoms with E-state index >= 15 is 0 Å². The molecule has 0 saturated carbocycles. The van der Waals surface area contributed by atoms with E-state index < -0.39 is 27.8 Å². The van der Waals surface area contributed by atoms with Gasteiger partial charge in [0.1, 0.15) is 11.9 Å². The highest BCUT2D eigenvalue weighted by atomic mass is 32.2. The predicted molar refractivity (Wildman–Crippen MR) is 116 cm³/mol. The van der Waals surface area contributed by atoms with Crippen LogP contribution in [-0.2, 0) is 14.8 Å². The Kier molecular flexibility index (Phi) is 5.61. The molecule has 1 N–H and O–H groups in total. The largest absolute Gasteiger partial charge is 0.301 e. The zero-order valence-corrected chi connectivity index (χ0v) is 18.3. The maximum absolute atomic E-state index is 13.2. The van der Waals surface area contributed by atoms with Crippen molar-refractivity contribution in [1.29, 1.82) is 0 Å². The van der Waals surface area contributed by atoms with Gasteiger partial charge in [-0.1, -0.05) is 31.3 Å². The van der Waals surface area contributed by atoms with Gasteiger partial charge in [-0.25, -0.2) is 17.8 Å². The molecule has 1 aromatic heterocycles. The lowest BCUT2D eigenvalue weighted by molar-refractivity contribution is -0.119. The van der Waals surface area contributed by atoms with Crippen LogP contribution in [0.2, 0.25) is 0 Å². The van der Waals surface area contributed by atoms with E-state index in [-0.39, 0.29) is 11.4 Å². The van der Waals surface area contributed by atoms with Crippen LogP contribution in [0.4, 0.5) is 9.52 Å². The molecule has 3 aromatic rings. The van der Waals surface area contributed by atoms with Gasteiger partial charge < -0.3 is 5.32 Å². The second-order valence-corrected chi connectivity index (χ2v) is 10.5. The SMILES string of the molecule is CC(C)c1ccc2nc(NC(=O)C3CCCN3S(=O)(=O)c3ccc(F)cc3)sc2c1. The van der Waals surface area contributed by atoms with Gasteiger partial charge >= 0.3 is 0 Å². The van der Waals surface area contributed by atoms with Crippen LogP contribution in [0.1, 0.15) is 38.2 Å².